The fourth-order valence-electron chi connectivity index (χ4n) is 2.64. The summed E-state index contributed by atoms with van der Waals surface area (Å²) in [6, 6.07) is 7.84. The lowest BCUT2D eigenvalue weighted by atomic mass is 10.1. The van der Waals surface area contributed by atoms with Gasteiger partial charge in [0.05, 0.1) is 12.2 Å². The Balaban J connectivity index is 1.80. The zero-order valence-electron chi connectivity index (χ0n) is 12.6. The zero-order chi connectivity index (χ0) is 15.7. The molecule has 1 aromatic carbocycles. The number of benzene rings is 1. The number of amides is 1. The average molecular weight is 364 g/mol. The molecule has 116 valence electrons. The van der Waals surface area contributed by atoms with Crippen LogP contribution in [0.1, 0.15) is 18.2 Å². The van der Waals surface area contributed by atoms with Gasteiger partial charge in [0.2, 0.25) is 0 Å². The highest BCUT2D eigenvalue weighted by atomic mass is 79.9. The lowest BCUT2D eigenvalue weighted by molar-refractivity contribution is -0.135. The summed E-state index contributed by atoms with van der Waals surface area (Å²) in [5, 5.41) is 4.39. The molecule has 2 heterocycles. The first-order valence-corrected chi connectivity index (χ1v) is 8.03. The van der Waals surface area contributed by atoms with Crippen molar-refractivity contribution >= 4 is 21.8 Å². The van der Waals surface area contributed by atoms with Crippen molar-refractivity contribution in [2.75, 3.05) is 6.61 Å². The van der Waals surface area contributed by atoms with Gasteiger partial charge >= 0.3 is 0 Å². The van der Waals surface area contributed by atoms with E-state index in [1.165, 1.54) is 0 Å². The van der Waals surface area contributed by atoms with Crippen LogP contribution in [0, 0.1) is 6.92 Å². The predicted molar refractivity (Wildman–Crippen MR) is 86.6 cm³/mol. The summed E-state index contributed by atoms with van der Waals surface area (Å²) < 4.78 is 8.48. The van der Waals surface area contributed by atoms with E-state index in [1.807, 2.05) is 53.9 Å². The van der Waals surface area contributed by atoms with Crippen LogP contribution in [-0.2, 0) is 17.9 Å². The van der Waals surface area contributed by atoms with Gasteiger partial charge in [0.25, 0.3) is 5.91 Å². The third-order valence-corrected chi connectivity index (χ3v) is 4.29. The van der Waals surface area contributed by atoms with Gasteiger partial charge in [-0.25, -0.2) is 0 Å². The number of fused-ring (bicyclic) bond motifs is 1. The SMILES string of the molecule is Cc1ccn(C[C@@H](C)N2Cc3cc(Br)ccc3OCC2=O)n1. The van der Waals surface area contributed by atoms with Crippen molar-refractivity contribution in [2.45, 2.75) is 33.0 Å². The molecule has 1 aliphatic heterocycles. The molecule has 0 saturated heterocycles. The summed E-state index contributed by atoms with van der Waals surface area (Å²) >= 11 is 3.47. The standard InChI is InChI=1S/C16H18BrN3O2/c1-11-5-6-19(18-11)8-12(2)20-9-13-7-14(17)3-4-15(13)22-10-16(20)21/h3-7,12H,8-10H2,1-2H3/t12-/m1/s1. The van der Waals surface area contributed by atoms with Crippen LogP contribution < -0.4 is 4.74 Å². The van der Waals surface area contributed by atoms with Crippen LogP contribution in [0.4, 0.5) is 0 Å². The molecule has 5 nitrogen and oxygen atoms in total. The fourth-order valence-corrected chi connectivity index (χ4v) is 3.05. The number of carbonyl (C=O) groups is 1. The Morgan fingerprint density at radius 1 is 1.41 bits per heavy atom. The van der Waals surface area contributed by atoms with E-state index in [0.29, 0.717) is 13.1 Å². The third kappa shape index (κ3) is 3.16. The molecule has 0 radical (unpaired) electrons. The molecule has 0 unspecified atom stereocenters. The minimum absolute atomic E-state index is 0.00343. The number of hydrogen-bond acceptors (Lipinski definition) is 3. The van der Waals surface area contributed by atoms with Crippen molar-refractivity contribution < 1.29 is 9.53 Å². The number of nitrogens with zero attached hydrogens (tertiary/aromatic N) is 3. The molecule has 0 fully saturated rings. The molecule has 0 N–H and O–H groups in total. The van der Waals surface area contributed by atoms with Crippen LogP contribution in [0.5, 0.6) is 5.75 Å². The summed E-state index contributed by atoms with van der Waals surface area (Å²) in [5.74, 6) is 0.782. The molecule has 3 rings (SSSR count). The van der Waals surface area contributed by atoms with Crippen molar-refractivity contribution in [3.63, 3.8) is 0 Å². The monoisotopic (exact) mass is 363 g/mol. The maximum Gasteiger partial charge on any atom is 0.261 e. The smallest absolute Gasteiger partial charge is 0.261 e. The van der Waals surface area contributed by atoms with Crippen molar-refractivity contribution in [1.82, 2.24) is 14.7 Å². The van der Waals surface area contributed by atoms with Crippen molar-refractivity contribution in [2.24, 2.45) is 0 Å². The summed E-state index contributed by atoms with van der Waals surface area (Å²) in [4.78, 5) is 14.2. The lowest BCUT2D eigenvalue weighted by Crippen LogP contribution is -2.41. The number of hydrogen-bond donors (Lipinski definition) is 0. The van der Waals surface area contributed by atoms with Gasteiger partial charge in [-0.15, -0.1) is 0 Å². The van der Waals surface area contributed by atoms with Gasteiger partial charge < -0.3 is 9.64 Å². The van der Waals surface area contributed by atoms with E-state index >= 15 is 0 Å². The molecule has 22 heavy (non-hydrogen) atoms. The first-order valence-electron chi connectivity index (χ1n) is 7.23. The summed E-state index contributed by atoms with van der Waals surface area (Å²) in [5.41, 5.74) is 2.00. The molecule has 1 atom stereocenters. The van der Waals surface area contributed by atoms with Crippen LogP contribution in [-0.4, -0.2) is 33.2 Å². The summed E-state index contributed by atoms with van der Waals surface area (Å²) in [7, 11) is 0. The Morgan fingerprint density at radius 3 is 2.95 bits per heavy atom. The first kappa shape index (κ1) is 15.1. The van der Waals surface area contributed by atoms with E-state index in [-0.39, 0.29) is 18.6 Å². The molecular formula is C16H18BrN3O2. The molecular weight excluding hydrogens is 346 g/mol. The fraction of sp³-hybridized carbons (Fsp3) is 0.375. The Labute approximate surface area is 138 Å². The Morgan fingerprint density at radius 2 is 2.23 bits per heavy atom. The second kappa shape index (κ2) is 6.12. The zero-order valence-corrected chi connectivity index (χ0v) is 14.2. The molecule has 0 aliphatic carbocycles. The Hall–Kier alpha value is -1.82. The maximum atomic E-state index is 12.4. The number of rotatable bonds is 3. The van der Waals surface area contributed by atoms with E-state index in [4.69, 9.17) is 4.74 Å². The third-order valence-electron chi connectivity index (χ3n) is 3.79. The average Bonchev–Trinajstić information content (AvgIpc) is 2.80. The summed E-state index contributed by atoms with van der Waals surface area (Å²) in [6.45, 7) is 5.30. The van der Waals surface area contributed by atoms with E-state index in [2.05, 4.69) is 21.0 Å². The van der Waals surface area contributed by atoms with Crippen LogP contribution in [0.3, 0.4) is 0 Å². The molecule has 6 heteroatoms. The van der Waals surface area contributed by atoms with Crippen molar-refractivity contribution in [1.29, 1.82) is 0 Å². The molecule has 2 aromatic rings. The number of carbonyl (C=O) groups excluding carboxylic acids is 1. The van der Waals surface area contributed by atoms with E-state index in [1.54, 1.807) is 0 Å². The minimum atomic E-state index is 0.00343. The molecule has 1 aromatic heterocycles. The molecule has 0 spiro atoms. The Kier molecular flexibility index (Phi) is 4.20. The van der Waals surface area contributed by atoms with Gasteiger partial charge in [0.1, 0.15) is 5.75 Å². The molecule has 1 aliphatic rings. The molecule has 0 bridgehead atoms. The van der Waals surface area contributed by atoms with E-state index in [9.17, 15) is 4.79 Å². The second-order valence-electron chi connectivity index (χ2n) is 5.59. The van der Waals surface area contributed by atoms with Gasteiger partial charge in [0, 0.05) is 28.8 Å². The predicted octanol–water partition coefficient (Wildman–Crippen LogP) is 2.76. The highest BCUT2D eigenvalue weighted by Crippen LogP contribution is 2.27. The lowest BCUT2D eigenvalue weighted by Gasteiger charge is -2.27. The number of aromatic nitrogens is 2. The van der Waals surface area contributed by atoms with Gasteiger partial charge in [-0.1, -0.05) is 15.9 Å². The van der Waals surface area contributed by atoms with Gasteiger partial charge in [0.15, 0.2) is 6.61 Å². The summed E-state index contributed by atoms with van der Waals surface area (Å²) in [6.07, 6.45) is 1.94. The van der Waals surface area contributed by atoms with Gasteiger partial charge in [-0.05, 0) is 38.1 Å². The number of halogens is 1. The van der Waals surface area contributed by atoms with Crippen LogP contribution in [0.2, 0.25) is 0 Å². The molecule has 1 amide bonds. The van der Waals surface area contributed by atoms with Gasteiger partial charge in [-0.2, -0.15) is 5.10 Å². The Bertz CT molecular complexity index is 698. The van der Waals surface area contributed by atoms with Crippen molar-refractivity contribution in [3.8, 4) is 5.75 Å². The van der Waals surface area contributed by atoms with E-state index in [0.717, 1.165) is 21.5 Å². The quantitative estimate of drug-likeness (QED) is 0.842. The van der Waals surface area contributed by atoms with Crippen LogP contribution in [0.25, 0.3) is 0 Å². The largest absolute Gasteiger partial charge is 0.483 e. The highest BCUT2D eigenvalue weighted by Gasteiger charge is 2.26. The minimum Gasteiger partial charge on any atom is -0.483 e. The topological polar surface area (TPSA) is 47.4 Å². The second-order valence-corrected chi connectivity index (χ2v) is 6.51. The van der Waals surface area contributed by atoms with Crippen LogP contribution >= 0.6 is 15.9 Å². The van der Waals surface area contributed by atoms with Crippen molar-refractivity contribution in [3.05, 3.63) is 46.2 Å². The normalized spacial score (nSPS) is 16.0. The number of aryl methyl sites for hydroxylation is 1. The maximum absolute atomic E-state index is 12.4. The highest BCUT2D eigenvalue weighted by molar-refractivity contribution is 9.10. The van der Waals surface area contributed by atoms with Gasteiger partial charge in [-0.3, -0.25) is 9.48 Å². The first-order chi connectivity index (χ1) is 10.5. The van der Waals surface area contributed by atoms with Crippen LogP contribution in [0.15, 0.2) is 34.9 Å². The number of ether oxygens (including phenoxy) is 1. The molecule has 0 saturated carbocycles. The van der Waals surface area contributed by atoms with E-state index < -0.39 is 0 Å².